The van der Waals surface area contributed by atoms with Crippen LogP contribution >= 0.6 is 15.9 Å². The van der Waals surface area contributed by atoms with Gasteiger partial charge in [0.1, 0.15) is 0 Å². The molecule has 2 aromatic rings. The normalized spacial score (nSPS) is 27.1. The molecule has 0 aromatic heterocycles. The van der Waals surface area contributed by atoms with E-state index in [4.69, 9.17) is 5.73 Å². The standard InChI is InChI=1S/C21H15BrN4O/c22-15-7-5-14(6-8-15)17-18(20(25)27)26-10-9-13-3-1-2-4-16(13)19(26)21(17,11-23)12-24/h1-10,17-19H,(H2,25,27)/p+1/t17-,18+,19+/m1/s1. The molecule has 27 heavy (non-hydrogen) atoms. The number of amides is 1. The first-order valence-electron chi connectivity index (χ1n) is 8.54. The summed E-state index contributed by atoms with van der Waals surface area (Å²) in [5, 5.41) is 20.4. The molecule has 132 valence electrons. The van der Waals surface area contributed by atoms with Gasteiger partial charge in [0.2, 0.25) is 5.41 Å². The molecule has 1 fully saturated rings. The average Bonchev–Trinajstić information content (AvgIpc) is 3.00. The van der Waals surface area contributed by atoms with Gasteiger partial charge < -0.3 is 5.73 Å². The maximum absolute atomic E-state index is 12.5. The van der Waals surface area contributed by atoms with Crippen molar-refractivity contribution in [3.8, 4) is 12.1 Å². The average molecular weight is 420 g/mol. The summed E-state index contributed by atoms with van der Waals surface area (Å²) in [6.45, 7) is 0. The molecule has 5 nitrogen and oxygen atoms in total. The van der Waals surface area contributed by atoms with E-state index >= 15 is 0 Å². The van der Waals surface area contributed by atoms with Gasteiger partial charge in [0.15, 0.2) is 12.1 Å². The first-order chi connectivity index (χ1) is 13.0. The molecule has 4 atom stereocenters. The highest BCUT2D eigenvalue weighted by atomic mass is 79.9. The van der Waals surface area contributed by atoms with Crippen LogP contribution in [-0.2, 0) is 4.79 Å². The zero-order chi connectivity index (χ0) is 19.2. The fourth-order valence-corrected chi connectivity index (χ4v) is 4.83. The third-order valence-electron chi connectivity index (χ3n) is 5.64. The highest BCUT2D eigenvalue weighted by molar-refractivity contribution is 9.10. The maximum Gasteiger partial charge on any atom is 0.276 e. The van der Waals surface area contributed by atoms with Gasteiger partial charge in [-0.1, -0.05) is 52.3 Å². The van der Waals surface area contributed by atoms with Gasteiger partial charge in [0.05, 0.1) is 24.3 Å². The largest absolute Gasteiger partial charge is 0.364 e. The number of halogens is 1. The predicted molar refractivity (Wildman–Crippen MR) is 103 cm³/mol. The molecule has 1 amide bonds. The van der Waals surface area contributed by atoms with Crippen molar-refractivity contribution >= 4 is 27.9 Å². The quantitative estimate of drug-likeness (QED) is 0.779. The summed E-state index contributed by atoms with van der Waals surface area (Å²) < 4.78 is 0.884. The number of nitrogens with one attached hydrogen (secondary N) is 1. The lowest BCUT2D eigenvalue weighted by molar-refractivity contribution is -0.885. The van der Waals surface area contributed by atoms with Gasteiger partial charge in [-0.05, 0) is 29.3 Å². The van der Waals surface area contributed by atoms with E-state index in [0.717, 1.165) is 26.1 Å². The van der Waals surface area contributed by atoms with Crippen LogP contribution in [0, 0.1) is 28.1 Å². The molecule has 4 rings (SSSR count). The second-order valence-electron chi connectivity index (χ2n) is 6.90. The smallest absolute Gasteiger partial charge is 0.276 e. The minimum atomic E-state index is -1.41. The number of quaternary nitrogens is 1. The highest BCUT2D eigenvalue weighted by Gasteiger charge is 2.67. The molecule has 2 aliphatic heterocycles. The van der Waals surface area contributed by atoms with E-state index < -0.39 is 29.3 Å². The zero-order valence-corrected chi connectivity index (χ0v) is 15.8. The number of rotatable bonds is 2. The number of carbonyl (C=O) groups is 1. The van der Waals surface area contributed by atoms with Crippen LogP contribution in [0.4, 0.5) is 0 Å². The summed E-state index contributed by atoms with van der Waals surface area (Å²) in [5.74, 6) is -1.15. The van der Waals surface area contributed by atoms with Crippen LogP contribution < -0.4 is 10.6 Å². The molecule has 0 saturated carbocycles. The molecule has 2 aromatic carbocycles. The van der Waals surface area contributed by atoms with E-state index in [1.165, 1.54) is 0 Å². The number of primary amides is 1. The SMILES string of the molecule is N#CC1(C#N)[C@H](c2ccc(Br)cc2)[C@@H](C(N)=O)[NH+]2C=Cc3ccccc3[C@H]21. The van der Waals surface area contributed by atoms with Crippen molar-refractivity contribution in [3.63, 3.8) is 0 Å². The number of nitrogens with zero attached hydrogens (tertiary/aromatic N) is 2. The number of hydrogen-bond donors (Lipinski definition) is 2. The third kappa shape index (κ3) is 2.42. The Hall–Kier alpha value is -2.93. The Morgan fingerprint density at radius 2 is 1.78 bits per heavy atom. The minimum Gasteiger partial charge on any atom is -0.364 e. The molecule has 0 radical (unpaired) electrons. The van der Waals surface area contributed by atoms with E-state index in [-0.39, 0.29) is 0 Å². The summed E-state index contributed by atoms with van der Waals surface area (Å²) in [7, 11) is 0. The maximum atomic E-state index is 12.5. The van der Waals surface area contributed by atoms with Gasteiger partial charge >= 0.3 is 0 Å². The van der Waals surface area contributed by atoms with E-state index in [1.54, 1.807) is 0 Å². The lowest BCUT2D eigenvalue weighted by Gasteiger charge is -2.29. The second kappa shape index (κ2) is 6.35. The van der Waals surface area contributed by atoms with Crippen molar-refractivity contribution in [2.75, 3.05) is 0 Å². The Morgan fingerprint density at radius 1 is 1.11 bits per heavy atom. The van der Waals surface area contributed by atoms with E-state index in [0.29, 0.717) is 0 Å². The predicted octanol–water partition coefficient (Wildman–Crippen LogP) is 2.04. The Balaban J connectivity index is 2.00. The summed E-state index contributed by atoms with van der Waals surface area (Å²) in [5.41, 5.74) is 6.99. The van der Waals surface area contributed by atoms with Gasteiger partial charge in [0.25, 0.3) is 5.91 Å². The third-order valence-corrected chi connectivity index (χ3v) is 6.17. The number of nitrogens with two attached hydrogens (primary N) is 1. The number of carbonyl (C=O) groups excluding carboxylic acids is 1. The fraction of sp³-hybridized carbons (Fsp3) is 0.190. The summed E-state index contributed by atoms with van der Waals surface area (Å²) in [4.78, 5) is 13.2. The first-order valence-corrected chi connectivity index (χ1v) is 9.34. The van der Waals surface area contributed by atoms with Crippen molar-refractivity contribution in [1.82, 2.24) is 0 Å². The van der Waals surface area contributed by atoms with Gasteiger partial charge in [0, 0.05) is 10.0 Å². The van der Waals surface area contributed by atoms with Crippen molar-refractivity contribution < 1.29 is 9.69 Å². The van der Waals surface area contributed by atoms with E-state index in [9.17, 15) is 15.3 Å². The van der Waals surface area contributed by atoms with Gasteiger partial charge in [-0.3, -0.25) is 9.69 Å². The van der Waals surface area contributed by atoms with Crippen LogP contribution in [0.3, 0.4) is 0 Å². The topological polar surface area (TPSA) is 95.1 Å². The van der Waals surface area contributed by atoms with Gasteiger partial charge in [-0.25, -0.2) is 0 Å². The van der Waals surface area contributed by atoms with Crippen molar-refractivity contribution in [1.29, 1.82) is 10.5 Å². The first kappa shape index (κ1) is 17.5. The number of hydrogen-bond acceptors (Lipinski definition) is 3. The van der Waals surface area contributed by atoms with Gasteiger partial charge in [-0.15, -0.1) is 0 Å². The number of benzene rings is 2. The van der Waals surface area contributed by atoms with E-state index in [2.05, 4.69) is 28.1 Å². The molecule has 3 N–H and O–H groups in total. The molecular weight excluding hydrogens is 404 g/mol. The molecule has 1 unspecified atom stereocenters. The molecule has 1 saturated heterocycles. The van der Waals surface area contributed by atoms with Crippen LogP contribution in [0.15, 0.2) is 59.2 Å². The van der Waals surface area contributed by atoms with Crippen molar-refractivity contribution in [3.05, 3.63) is 75.9 Å². The Kier molecular flexibility index (Phi) is 4.11. The van der Waals surface area contributed by atoms with E-state index in [1.807, 2.05) is 60.8 Å². The minimum absolute atomic E-state index is 0.486. The number of nitriles is 2. The van der Waals surface area contributed by atoms with Crippen LogP contribution in [0.25, 0.3) is 6.08 Å². The molecule has 0 aliphatic carbocycles. The Bertz CT molecular complexity index is 1020. The van der Waals surface area contributed by atoms with Crippen LogP contribution in [0.1, 0.15) is 28.7 Å². The Morgan fingerprint density at radius 3 is 2.41 bits per heavy atom. The monoisotopic (exact) mass is 419 g/mol. The lowest BCUT2D eigenvalue weighted by atomic mass is 9.68. The summed E-state index contributed by atoms with van der Waals surface area (Å²) in [6, 6.07) is 18.5. The van der Waals surface area contributed by atoms with Crippen molar-refractivity contribution in [2.45, 2.75) is 18.0 Å². The molecule has 0 bridgehead atoms. The Labute approximate surface area is 165 Å². The van der Waals surface area contributed by atoms with Crippen LogP contribution in [-0.4, -0.2) is 11.9 Å². The molecule has 6 heteroatoms. The van der Waals surface area contributed by atoms with Crippen LogP contribution in [0.2, 0.25) is 0 Å². The lowest BCUT2D eigenvalue weighted by Crippen LogP contribution is -3.12. The van der Waals surface area contributed by atoms with Crippen LogP contribution in [0.5, 0.6) is 0 Å². The summed E-state index contributed by atoms with van der Waals surface area (Å²) in [6.07, 6.45) is 3.80. The second-order valence-corrected chi connectivity index (χ2v) is 7.81. The fourth-order valence-electron chi connectivity index (χ4n) is 4.56. The molecule has 0 spiro atoms. The molecule has 2 aliphatic rings. The van der Waals surface area contributed by atoms with Crippen molar-refractivity contribution in [2.24, 2.45) is 11.1 Å². The number of fused-ring (bicyclic) bond motifs is 3. The van der Waals surface area contributed by atoms with Gasteiger partial charge in [-0.2, -0.15) is 10.5 Å². The molecule has 2 heterocycles. The molecular formula is C21H16BrN4O+. The highest BCUT2D eigenvalue weighted by Crippen LogP contribution is 2.51. The zero-order valence-electron chi connectivity index (χ0n) is 14.3. The summed E-state index contributed by atoms with van der Waals surface area (Å²) >= 11 is 3.41.